The van der Waals surface area contributed by atoms with Crippen molar-refractivity contribution in [3.05, 3.63) is 35.7 Å². The topological polar surface area (TPSA) is 112 Å². The van der Waals surface area contributed by atoms with Crippen molar-refractivity contribution in [2.45, 2.75) is 43.9 Å². The summed E-state index contributed by atoms with van der Waals surface area (Å²) in [4.78, 5) is 24.3. The lowest BCUT2D eigenvalue weighted by atomic mass is 10.0. The normalized spacial score (nSPS) is 21.3. The Morgan fingerprint density at radius 1 is 1.08 bits per heavy atom. The van der Waals surface area contributed by atoms with Gasteiger partial charge < -0.3 is 25.5 Å². The number of amides is 1. The number of anilines is 1. The molecule has 1 saturated carbocycles. The molecule has 0 radical (unpaired) electrons. The van der Waals surface area contributed by atoms with E-state index in [0.29, 0.717) is 29.3 Å². The molecule has 4 N–H and O–H groups in total. The fourth-order valence-electron chi connectivity index (χ4n) is 5.16. The van der Waals surface area contributed by atoms with Crippen LogP contribution in [-0.4, -0.2) is 59.4 Å². The van der Waals surface area contributed by atoms with E-state index in [0.717, 1.165) is 31.9 Å². The molecule has 8 nitrogen and oxygen atoms in total. The average Bonchev–Trinajstić information content (AvgIpc) is 3.42. The van der Waals surface area contributed by atoms with E-state index < -0.39 is 18.9 Å². The highest BCUT2D eigenvalue weighted by atomic mass is 31.2. The number of aromatic nitrogens is 3. The minimum absolute atomic E-state index is 0.0360. The molecule has 12 heteroatoms. The number of aromatic amines is 1. The van der Waals surface area contributed by atoms with Crippen molar-refractivity contribution >= 4 is 35.2 Å². The van der Waals surface area contributed by atoms with Crippen LogP contribution in [0.4, 0.5) is 19.1 Å². The second kappa shape index (κ2) is 9.19. The third-order valence-electron chi connectivity index (χ3n) is 6.80. The second-order valence-corrected chi connectivity index (χ2v) is 13.0. The first kappa shape index (κ1) is 24.8. The summed E-state index contributed by atoms with van der Waals surface area (Å²) in [5.74, 6) is -0.231. The number of hydrogen-bond acceptors (Lipinski definition) is 6. The third kappa shape index (κ3) is 4.74. The van der Waals surface area contributed by atoms with Crippen molar-refractivity contribution in [3.8, 4) is 11.3 Å². The number of H-pyrrole nitrogens is 1. The first-order valence-electron chi connectivity index (χ1n) is 11.9. The lowest BCUT2D eigenvalue weighted by molar-refractivity contribution is -0.137. The summed E-state index contributed by atoms with van der Waals surface area (Å²) in [6.07, 6.45) is 0.847. The van der Waals surface area contributed by atoms with Gasteiger partial charge >= 0.3 is 6.18 Å². The molecule has 0 saturated heterocycles. The predicted molar refractivity (Wildman–Crippen MR) is 133 cm³/mol. The van der Waals surface area contributed by atoms with Crippen LogP contribution >= 0.6 is 7.14 Å². The van der Waals surface area contributed by atoms with E-state index in [1.165, 1.54) is 12.3 Å². The highest BCUT2D eigenvalue weighted by molar-refractivity contribution is 7.70. The van der Waals surface area contributed by atoms with Gasteiger partial charge in [0, 0.05) is 47.3 Å². The Hall–Kier alpha value is -2.91. The van der Waals surface area contributed by atoms with Crippen LogP contribution in [0.15, 0.2) is 24.5 Å². The number of carbonyl (C=O) groups excluding carboxylic acids is 1. The second-order valence-electron chi connectivity index (χ2n) is 9.81. The van der Waals surface area contributed by atoms with Crippen molar-refractivity contribution in [3.63, 3.8) is 0 Å². The third-order valence-corrected chi connectivity index (χ3v) is 8.34. The summed E-state index contributed by atoms with van der Waals surface area (Å²) in [6.45, 7) is 4.24. The molecule has 192 valence electrons. The molecule has 36 heavy (non-hydrogen) atoms. The molecule has 2 atom stereocenters. The van der Waals surface area contributed by atoms with E-state index in [4.69, 9.17) is 0 Å². The summed E-state index contributed by atoms with van der Waals surface area (Å²) >= 11 is 0. The molecule has 0 unspecified atom stereocenters. The fourth-order valence-corrected chi connectivity index (χ4v) is 6.64. The summed E-state index contributed by atoms with van der Waals surface area (Å²) in [6, 6.07) is 3.41. The highest BCUT2D eigenvalue weighted by Gasteiger charge is 2.37. The maximum Gasteiger partial charge on any atom is 0.419 e. The van der Waals surface area contributed by atoms with Gasteiger partial charge in [0.25, 0.3) is 5.91 Å². The number of rotatable bonds is 1. The average molecular weight is 520 g/mol. The van der Waals surface area contributed by atoms with Gasteiger partial charge in [-0.25, -0.2) is 9.97 Å². The van der Waals surface area contributed by atoms with E-state index >= 15 is 0 Å². The van der Waals surface area contributed by atoms with Crippen molar-refractivity contribution in [2.75, 3.05) is 31.7 Å². The lowest BCUT2D eigenvalue weighted by Gasteiger charge is -2.18. The Morgan fingerprint density at radius 3 is 2.61 bits per heavy atom. The minimum atomic E-state index is -4.68. The van der Waals surface area contributed by atoms with E-state index in [9.17, 15) is 22.5 Å². The minimum Gasteiger partial charge on any atom is -0.360 e. The van der Waals surface area contributed by atoms with Gasteiger partial charge in [0.1, 0.15) is 12.7 Å². The maximum absolute atomic E-state index is 14.0. The number of nitrogens with one attached hydrogen (secondary N) is 4. The van der Waals surface area contributed by atoms with E-state index in [2.05, 4.69) is 30.9 Å². The van der Waals surface area contributed by atoms with Gasteiger partial charge in [-0.05, 0) is 51.6 Å². The number of hydrogen-bond donors (Lipinski definition) is 4. The van der Waals surface area contributed by atoms with Gasteiger partial charge in [-0.2, -0.15) is 13.2 Å². The molecule has 1 amide bonds. The SMILES string of the molecule is CP(C)(=O)c1c2ccc3c(c[nH]c13)-c1nc(ncc1C(F)(F)F)N[C@H]1CC[C@@H](C1)NCCCNC2=O. The monoisotopic (exact) mass is 520 g/mol. The van der Waals surface area contributed by atoms with Gasteiger partial charge in [0.15, 0.2) is 0 Å². The zero-order valence-electron chi connectivity index (χ0n) is 20.0. The zero-order chi connectivity index (χ0) is 25.7. The Morgan fingerprint density at radius 2 is 1.86 bits per heavy atom. The van der Waals surface area contributed by atoms with Crippen LogP contribution in [0.2, 0.25) is 0 Å². The van der Waals surface area contributed by atoms with Gasteiger partial charge in [-0.15, -0.1) is 0 Å². The molecule has 0 spiro atoms. The fraction of sp³-hybridized carbons (Fsp3) is 0.458. The Balaban J connectivity index is 1.71. The molecule has 3 aromatic rings. The van der Waals surface area contributed by atoms with E-state index in [1.807, 2.05) is 0 Å². The lowest BCUT2D eigenvalue weighted by Crippen LogP contribution is -2.33. The molecule has 8 bridgehead atoms. The summed E-state index contributed by atoms with van der Waals surface area (Å²) in [5.41, 5.74) is -0.415. The van der Waals surface area contributed by atoms with Crippen LogP contribution in [0.5, 0.6) is 0 Å². The Kier molecular flexibility index (Phi) is 6.32. The van der Waals surface area contributed by atoms with Crippen LogP contribution in [-0.2, 0) is 10.7 Å². The number of fused-ring (bicyclic) bond motifs is 6. The van der Waals surface area contributed by atoms with Gasteiger partial charge in [0.2, 0.25) is 5.95 Å². The van der Waals surface area contributed by atoms with Crippen molar-refractivity contribution < 1.29 is 22.5 Å². The van der Waals surface area contributed by atoms with Crippen molar-refractivity contribution in [1.29, 1.82) is 0 Å². The smallest absolute Gasteiger partial charge is 0.360 e. The largest absolute Gasteiger partial charge is 0.419 e. The van der Waals surface area contributed by atoms with Crippen molar-refractivity contribution in [2.24, 2.45) is 0 Å². The summed E-state index contributed by atoms with van der Waals surface area (Å²) in [7, 11) is -3.01. The molecule has 4 heterocycles. The molecular weight excluding hydrogens is 492 g/mol. The molecule has 1 fully saturated rings. The molecular formula is C24H28F3N6O2P. The summed E-state index contributed by atoms with van der Waals surface area (Å²) < 4.78 is 55.3. The standard InChI is InChI=1S/C24H28F3N6O2P/c1-36(2,35)21-16-7-6-15-17(11-30-20(15)21)19-18(24(25,26)27)12-31-23(33-19)32-14-5-4-13(10-14)28-8-3-9-29-22(16)34/h6-7,11-14,28,30H,3-5,8-10H2,1-2H3,(H,29,34)(H,31,32,33)/t13-,14-/m0/s1. The van der Waals surface area contributed by atoms with Crippen LogP contribution in [0.3, 0.4) is 0 Å². The number of nitrogens with zero attached hydrogens (tertiary/aromatic N) is 2. The Bertz CT molecular complexity index is 1370. The predicted octanol–water partition coefficient (Wildman–Crippen LogP) is 3.95. The van der Waals surface area contributed by atoms with Gasteiger partial charge in [0.05, 0.1) is 16.8 Å². The van der Waals surface area contributed by atoms with Crippen LogP contribution in [0, 0.1) is 0 Å². The molecule has 2 aromatic heterocycles. The number of benzene rings is 1. The number of halogens is 3. The first-order chi connectivity index (χ1) is 17.0. The van der Waals surface area contributed by atoms with Crippen LogP contribution in [0.1, 0.15) is 41.6 Å². The summed E-state index contributed by atoms with van der Waals surface area (Å²) in [5, 5.41) is 10.3. The maximum atomic E-state index is 14.0. The molecule has 6 rings (SSSR count). The number of carbonyl (C=O) groups is 1. The van der Waals surface area contributed by atoms with Crippen molar-refractivity contribution in [1.82, 2.24) is 25.6 Å². The molecule has 2 aliphatic heterocycles. The quantitative estimate of drug-likeness (QED) is 0.362. The molecule has 1 aliphatic carbocycles. The highest BCUT2D eigenvalue weighted by Crippen LogP contribution is 2.43. The van der Waals surface area contributed by atoms with E-state index in [-0.39, 0.29) is 40.8 Å². The zero-order valence-corrected chi connectivity index (χ0v) is 20.9. The molecule has 1 aromatic carbocycles. The molecule has 3 aliphatic rings. The van der Waals surface area contributed by atoms with Crippen LogP contribution in [0.25, 0.3) is 22.2 Å². The van der Waals surface area contributed by atoms with E-state index in [1.54, 1.807) is 19.4 Å². The van der Waals surface area contributed by atoms with Gasteiger partial charge in [-0.1, -0.05) is 6.07 Å². The number of alkyl halides is 3. The van der Waals surface area contributed by atoms with Gasteiger partial charge in [-0.3, -0.25) is 4.79 Å². The Labute approximate surface area is 206 Å². The van der Waals surface area contributed by atoms with Crippen LogP contribution < -0.4 is 21.3 Å². The first-order valence-corrected chi connectivity index (χ1v) is 14.5.